The van der Waals surface area contributed by atoms with Crippen molar-refractivity contribution in [2.45, 2.75) is 0 Å². The number of nitrogens with one attached hydrogen (secondary N) is 2. The SMILES string of the molecule is O=C([O-])c1ccc(Nc2ccnc(Nc3ccc(C(=O)[O-])cc3)n2)cc1. The van der Waals surface area contributed by atoms with Crippen LogP contribution in [-0.4, -0.2) is 21.9 Å². The average molecular weight is 348 g/mol. The Morgan fingerprint density at radius 3 is 1.73 bits per heavy atom. The van der Waals surface area contributed by atoms with Gasteiger partial charge in [-0.1, -0.05) is 24.3 Å². The van der Waals surface area contributed by atoms with Gasteiger partial charge in [0.25, 0.3) is 0 Å². The molecule has 0 amide bonds. The minimum Gasteiger partial charge on any atom is -0.545 e. The maximum absolute atomic E-state index is 10.8. The number of hydrogen-bond acceptors (Lipinski definition) is 8. The number of benzene rings is 2. The largest absolute Gasteiger partial charge is 0.545 e. The standard InChI is InChI=1S/C18H14N4O4/c23-16(24)11-1-5-13(6-2-11)20-15-9-10-19-18(22-15)21-14-7-3-12(4-8-14)17(25)26/h1-10H,(H,23,24)(H,25,26)(H2,19,20,21,22)/p-2. The molecule has 0 fully saturated rings. The van der Waals surface area contributed by atoms with Crippen LogP contribution < -0.4 is 20.8 Å². The van der Waals surface area contributed by atoms with E-state index in [-0.39, 0.29) is 11.1 Å². The van der Waals surface area contributed by atoms with Crippen LogP contribution in [0.15, 0.2) is 60.8 Å². The fraction of sp³-hybridized carbons (Fsp3) is 0. The Kier molecular flexibility index (Phi) is 4.75. The van der Waals surface area contributed by atoms with Crippen molar-refractivity contribution in [1.82, 2.24) is 9.97 Å². The number of aromatic carboxylic acids is 2. The van der Waals surface area contributed by atoms with Crippen molar-refractivity contribution in [3.8, 4) is 0 Å². The summed E-state index contributed by atoms with van der Waals surface area (Å²) in [4.78, 5) is 29.9. The Hall–Kier alpha value is -3.94. The monoisotopic (exact) mass is 348 g/mol. The summed E-state index contributed by atoms with van der Waals surface area (Å²) in [5.41, 5.74) is 1.43. The lowest BCUT2D eigenvalue weighted by Gasteiger charge is -2.10. The van der Waals surface area contributed by atoms with Crippen molar-refractivity contribution in [1.29, 1.82) is 0 Å². The molecule has 2 N–H and O–H groups in total. The summed E-state index contributed by atoms with van der Waals surface area (Å²) in [6.45, 7) is 0. The number of hydrogen-bond donors (Lipinski definition) is 2. The van der Waals surface area contributed by atoms with Gasteiger partial charge in [0, 0.05) is 17.6 Å². The van der Waals surface area contributed by atoms with E-state index in [1.165, 1.54) is 24.3 Å². The number of carboxylic acid groups (broad SMARTS) is 2. The molecule has 1 aromatic heterocycles. The highest BCUT2D eigenvalue weighted by molar-refractivity contribution is 5.86. The molecule has 8 nitrogen and oxygen atoms in total. The Bertz CT molecular complexity index is 865. The van der Waals surface area contributed by atoms with Crippen LogP contribution in [0.5, 0.6) is 0 Å². The Labute approximate surface area is 148 Å². The van der Waals surface area contributed by atoms with Crippen molar-refractivity contribution in [3.05, 3.63) is 71.9 Å². The molecule has 0 radical (unpaired) electrons. The van der Waals surface area contributed by atoms with E-state index in [1.807, 2.05) is 0 Å². The van der Waals surface area contributed by atoms with Gasteiger partial charge in [0.15, 0.2) is 0 Å². The number of carboxylic acids is 2. The van der Waals surface area contributed by atoms with Crippen LogP contribution in [0, 0.1) is 0 Å². The molecule has 0 unspecified atom stereocenters. The van der Waals surface area contributed by atoms with Crippen molar-refractivity contribution in [3.63, 3.8) is 0 Å². The minimum absolute atomic E-state index is 0.0758. The van der Waals surface area contributed by atoms with Gasteiger partial charge in [0.1, 0.15) is 5.82 Å². The van der Waals surface area contributed by atoms with Crippen LogP contribution in [0.25, 0.3) is 0 Å². The molecule has 0 aliphatic carbocycles. The maximum atomic E-state index is 10.8. The van der Waals surface area contributed by atoms with Crippen LogP contribution >= 0.6 is 0 Å². The van der Waals surface area contributed by atoms with Crippen molar-refractivity contribution in [2.75, 3.05) is 10.6 Å². The first-order valence-corrected chi connectivity index (χ1v) is 7.51. The van der Waals surface area contributed by atoms with Crippen LogP contribution in [-0.2, 0) is 0 Å². The van der Waals surface area contributed by atoms with Gasteiger partial charge >= 0.3 is 0 Å². The first kappa shape index (κ1) is 16.9. The van der Waals surface area contributed by atoms with E-state index in [0.717, 1.165) is 0 Å². The Morgan fingerprint density at radius 1 is 0.731 bits per heavy atom. The van der Waals surface area contributed by atoms with Crippen molar-refractivity contribution < 1.29 is 19.8 Å². The van der Waals surface area contributed by atoms with Crippen LogP contribution in [0.3, 0.4) is 0 Å². The zero-order valence-corrected chi connectivity index (χ0v) is 13.3. The molecule has 3 aromatic rings. The maximum Gasteiger partial charge on any atom is 0.229 e. The molecule has 0 aliphatic heterocycles. The zero-order valence-electron chi connectivity index (χ0n) is 13.3. The molecule has 0 spiro atoms. The van der Waals surface area contributed by atoms with Gasteiger partial charge in [-0.05, 0) is 41.5 Å². The number of anilines is 4. The van der Waals surface area contributed by atoms with Gasteiger partial charge in [-0.25, -0.2) is 4.98 Å². The second kappa shape index (κ2) is 7.31. The molecule has 1 heterocycles. The van der Waals surface area contributed by atoms with E-state index >= 15 is 0 Å². The number of rotatable bonds is 6. The summed E-state index contributed by atoms with van der Waals surface area (Å²) < 4.78 is 0. The number of nitrogens with zero attached hydrogens (tertiary/aromatic N) is 2. The van der Waals surface area contributed by atoms with E-state index in [2.05, 4.69) is 20.6 Å². The molecule has 0 bridgehead atoms. The fourth-order valence-electron chi connectivity index (χ4n) is 2.14. The van der Waals surface area contributed by atoms with Crippen LogP contribution in [0.1, 0.15) is 20.7 Å². The van der Waals surface area contributed by atoms with E-state index in [1.54, 1.807) is 36.5 Å². The third-order valence-electron chi connectivity index (χ3n) is 3.43. The highest BCUT2D eigenvalue weighted by atomic mass is 16.4. The summed E-state index contributed by atoms with van der Waals surface area (Å²) in [5, 5.41) is 27.5. The van der Waals surface area contributed by atoms with Gasteiger partial charge in [0.2, 0.25) is 5.95 Å². The highest BCUT2D eigenvalue weighted by Crippen LogP contribution is 2.18. The Balaban J connectivity index is 1.71. The molecular formula is C18H12N4O4-2. The molecule has 0 aliphatic rings. The fourth-order valence-corrected chi connectivity index (χ4v) is 2.14. The molecule has 130 valence electrons. The quantitative estimate of drug-likeness (QED) is 0.665. The van der Waals surface area contributed by atoms with E-state index in [9.17, 15) is 19.8 Å². The second-order valence-corrected chi connectivity index (χ2v) is 5.25. The van der Waals surface area contributed by atoms with E-state index in [0.29, 0.717) is 23.1 Å². The minimum atomic E-state index is -1.25. The van der Waals surface area contributed by atoms with Gasteiger partial charge in [0.05, 0.1) is 11.9 Å². The first-order valence-electron chi connectivity index (χ1n) is 7.51. The molecule has 0 saturated carbocycles. The topological polar surface area (TPSA) is 130 Å². The smallest absolute Gasteiger partial charge is 0.229 e. The van der Waals surface area contributed by atoms with Crippen LogP contribution in [0.2, 0.25) is 0 Å². The zero-order chi connectivity index (χ0) is 18.5. The molecule has 8 heteroatoms. The van der Waals surface area contributed by atoms with Gasteiger partial charge in [-0.2, -0.15) is 4.98 Å². The summed E-state index contributed by atoms with van der Waals surface area (Å²) in [5.74, 6) is -1.68. The molecule has 26 heavy (non-hydrogen) atoms. The predicted molar refractivity (Wildman–Crippen MR) is 90.1 cm³/mol. The summed E-state index contributed by atoms with van der Waals surface area (Å²) in [7, 11) is 0. The average Bonchev–Trinajstić information content (AvgIpc) is 2.63. The molecule has 0 atom stereocenters. The Morgan fingerprint density at radius 2 is 1.23 bits per heavy atom. The van der Waals surface area contributed by atoms with Crippen molar-refractivity contribution >= 4 is 35.1 Å². The molecule has 0 saturated heterocycles. The number of carbonyl (C=O) groups is 2. The normalized spacial score (nSPS) is 10.2. The summed E-state index contributed by atoms with van der Waals surface area (Å²) in [6, 6.07) is 13.7. The van der Waals surface area contributed by atoms with Gasteiger partial charge < -0.3 is 30.4 Å². The lowest BCUT2D eigenvalue weighted by Crippen LogP contribution is -2.21. The van der Waals surface area contributed by atoms with Crippen LogP contribution in [0.4, 0.5) is 23.1 Å². The lowest BCUT2D eigenvalue weighted by atomic mass is 10.2. The summed E-state index contributed by atoms with van der Waals surface area (Å²) in [6.07, 6.45) is 1.54. The molecular weight excluding hydrogens is 336 g/mol. The molecule has 2 aromatic carbocycles. The number of aromatic nitrogens is 2. The first-order chi connectivity index (χ1) is 12.5. The lowest BCUT2D eigenvalue weighted by molar-refractivity contribution is -0.256. The third kappa shape index (κ3) is 4.12. The summed E-state index contributed by atoms with van der Waals surface area (Å²) >= 11 is 0. The highest BCUT2D eigenvalue weighted by Gasteiger charge is 2.02. The van der Waals surface area contributed by atoms with E-state index in [4.69, 9.17) is 0 Å². The van der Waals surface area contributed by atoms with Gasteiger partial charge in [-0.15, -0.1) is 0 Å². The van der Waals surface area contributed by atoms with Crippen molar-refractivity contribution in [2.24, 2.45) is 0 Å². The van der Waals surface area contributed by atoms with E-state index < -0.39 is 11.9 Å². The predicted octanol–water partition coefficient (Wildman–Crippen LogP) is 0.691. The molecule has 3 rings (SSSR count). The van der Waals surface area contributed by atoms with Gasteiger partial charge in [-0.3, -0.25) is 0 Å². The number of carbonyl (C=O) groups excluding carboxylic acids is 2. The third-order valence-corrected chi connectivity index (χ3v) is 3.43. The second-order valence-electron chi connectivity index (χ2n) is 5.25.